The van der Waals surface area contributed by atoms with Crippen LogP contribution in [0.4, 0.5) is 0 Å². The summed E-state index contributed by atoms with van der Waals surface area (Å²) >= 11 is 5.99. The fourth-order valence-corrected chi connectivity index (χ4v) is 3.05. The first-order chi connectivity index (χ1) is 11.2. The summed E-state index contributed by atoms with van der Waals surface area (Å²) in [7, 11) is 0. The molecule has 0 fully saturated rings. The Kier molecular flexibility index (Phi) is 10.5. The average molecular weight is 340 g/mol. The molecule has 1 aromatic rings. The average Bonchev–Trinajstić information content (AvgIpc) is 2.54. The summed E-state index contributed by atoms with van der Waals surface area (Å²) in [5.74, 6) is -0.0312. The van der Waals surface area contributed by atoms with Gasteiger partial charge in [0, 0.05) is 5.56 Å². The lowest BCUT2D eigenvalue weighted by Gasteiger charge is -2.07. The van der Waals surface area contributed by atoms with Gasteiger partial charge in [0.15, 0.2) is 0 Å². The maximum atomic E-state index is 9.76. The fraction of sp³-hybridized carbons (Fsp3) is 0.632. The predicted octanol–water partition coefficient (Wildman–Crippen LogP) is 6.32. The van der Waals surface area contributed by atoms with Crippen LogP contribution >= 0.6 is 11.6 Å². The van der Waals surface area contributed by atoms with Crippen LogP contribution in [0, 0.1) is 0 Å². The van der Waals surface area contributed by atoms with Crippen molar-refractivity contribution in [2.75, 3.05) is 0 Å². The van der Waals surface area contributed by atoms with E-state index in [1.165, 1.54) is 64.0 Å². The quantitative estimate of drug-likeness (QED) is 0.203. The van der Waals surface area contributed by atoms with E-state index >= 15 is 0 Å². The number of hydrogen-bond donors (Lipinski definition) is 2. The molecule has 0 atom stereocenters. The molecular weight excluding hydrogens is 310 g/mol. The number of phenolic OH excluding ortho intramolecular Hbond substituents is 1. The highest BCUT2D eigenvalue weighted by Gasteiger charge is 2.07. The number of rotatable bonds is 12. The standard InChI is InChI=1S/C19H30ClNO2/c1-2-3-4-5-6-7-8-9-10-11-12-16-13-17(15-21-23)19(22)18(20)14-16/h13-15,22-23H,2-12H2,1H3/b21-15+. The minimum Gasteiger partial charge on any atom is -0.506 e. The molecule has 1 rings (SSSR count). The molecule has 0 aromatic heterocycles. The summed E-state index contributed by atoms with van der Waals surface area (Å²) in [5, 5.41) is 21.6. The summed E-state index contributed by atoms with van der Waals surface area (Å²) in [6.07, 6.45) is 15.3. The Hall–Kier alpha value is -1.22. The van der Waals surface area contributed by atoms with E-state index in [1.807, 2.05) is 6.07 Å². The molecule has 1 aromatic carbocycles. The number of benzene rings is 1. The maximum Gasteiger partial charge on any atom is 0.143 e. The summed E-state index contributed by atoms with van der Waals surface area (Å²) in [6.45, 7) is 2.25. The van der Waals surface area contributed by atoms with Gasteiger partial charge in [-0.2, -0.15) is 0 Å². The monoisotopic (exact) mass is 339 g/mol. The summed E-state index contributed by atoms with van der Waals surface area (Å²) in [4.78, 5) is 0. The number of hydrogen-bond acceptors (Lipinski definition) is 3. The van der Waals surface area contributed by atoms with Crippen LogP contribution in [0.25, 0.3) is 0 Å². The van der Waals surface area contributed by atoms with E-state index in [2.05, 4.69) is 12.1 Å². The van der Waals surface area contributed by atoms with E-state index in [4.69, 9.17) is 16.8 Å². The van der Waals surface area contributed by atoms with Gasteiger partial charge in [-0.3, -0.25) is 0 Å². The van der Waals surface area contributed by atoms with Gasteiger partial charge in [-0.1, -0.05) is 81.5 Å². The number of unbranched alkanes of at least 4 members (excludes halogenated alkanes) is 9. The van der Waals surface area contributed by atoms with Crippen LogP contribution in [0.15, 0.2) is 17.3 Å². The molecule has 0 aliphatic heterocycles. The molecule has 0 aliphatic carbocycles. The smallest absolute Gasteiger partial charge is 0.143 e. The first-order valence-corrected chi connectivity index (χ1v) is 9.25. The van der Waals surface area contributed by atoms with E-state index in [0.717, 1.165) is 18.4 Å². The van der Waals surface area contributed by atoms with Crippen molar-refractivity contribution in [3.63, 3.8) is 0 Å². The normalized spacial score (nSPS) is 11.4. The van der Waals surface area contributed by atoms with Crippen LogP contribution in [-0.4, -0.2) is 16.5 Å². The van der Waals surface area contributed by atoms with Crippen LogP contribution in [0.1, 0.15) is 82.3 Å². The van der Waals surface area contributed by atoms with Crippen LogP contribution in [0.2, 0.25) is 5.02 Å². The van der Waals surface area contributed by atoms with Crippen molar-refractivity contribution in [2.24, 2.45) is 5.16 Å². The lowest BCUT2D eigenvalue weighted by Crippen LogP contribution is -1.91. The van der Waals surface area contributed by atoms with Gasteiger partial charge >= 0.3 is 0 Å². The van der Waals surface area contributed by atoms with E-state index in [-0.39, 0.29) is 5.75 Å². The van der Waals surface area contributed by atoms with Gasteiger partial charge in [-0.05, 0) is 30.5 Å². The number of aromatic hydroxyl groups is 1. The van der Waals surface area contributed by atoms with E-state index in [0.29, 0.717) is 10.6 Å². The first kappa shape index (κ1) is 19.8. The van der Waals surface area contributed by atoms with E-state index in [1.54, 1.807) is 6.07 Å². The van der Waals surface area contributed by atoms with Crippen molar-refractivity contribution in [2.45, 2.75) is 77.6 Å². The molecule has 0 heterocycles. The third-order valence-corrected chi connectivity index (χ3v) is 4.46. The molecule has 2 N–H and O–H groups in total. The first-order valence-electron chi connectivity index (χ1n) is 8.87. The third kappa shape index (κ3) is 8.26. The SMILES string of the molecule is CCCCCCCCCCCCc1cc(Cl)c(O)c(/C=N/O)c1. The Balaban J connectivity index is 2.19. The number of halogens is 1. The largest absolute Gasteiger partial charge is 0.506 e. The minimum atomic E-state index is -0.0312. The predicted molar refractivity (Wildman–Crippen MR) is 98.0 cm³/mol. The zero-order chi connectivity index (χ0) is 16.9. The molecule has 0 aliphatic rings. The van der Waals surface area contributed by atoms with Crippen molar-refractivity contribution in [1.29, 1.82) is 0 Å². The van der Waals surface area contributed by atoms with Gasteiger partial charge in [0.2, 0.25) is 0 Å². The molecule has 23 heavy (non-hydrogen) atoms. The second-order valence-electron chi connectivity index (χ2n) is 6.19. The van der Waals surface area contributed by atoms with Crippen LogP contribution in [0.3, 0.4) is 0 Å². The molecule has 0 saturated carbocycles. The van der Waals surface area contributed by atoms with E-state index < -0.39 is 0 Å². The van der Waals surface area contributed by atoms with Crippen molar-refractivity contribution in [1.82, 2.24) is 0 Å². The molecule has 0 saturated heterocycles. The van der Waals surface area contributed by atoms with E-state index in [9.17, 15) is 5.11 Å². The fourth-order valence-electron chi connectivity index (χ4n) is 2.80. The van der Waals surface area contributed by atoms with Gasteiger partial charge in [-0.25, -0.2) is 0 Å². The summed E-state index contributed by atoms with van der Waals surface area (Å²) in [5.41, 5.74) is 1.53. The zero-order valence-corrected chi connectivity index (χ0v) is 15.0. The lowest BCUT2D eigenvalue weighted by atomic mass is 10.0. The number of oxime groups is 1. The molecule has 0 radical (unpaired) electrons. The molecule has 0 spiro atoms. The molecule has 0 amide bonds. The third-order valence-electron chi connectivity index (χ3n) is 4.17. The van der Waals surface area contributed by atoms with Gasteiger partial charge < -0.3 is 10.3 Å². The van der Waals surface area contributed by atoms with Gasteiger partial charge in [0.1, 0.15) is 5.75 Å². The molecule has 3 nitrogen and oxygen atoms in total. The Morgan fingerprint density at radius 2 is 1.52 bits per heavy atom. The Morgan fingerprint density at radius 1 is 0.957 bits per heavy atom. The molecule has 130 valence electrons. The summed E-state index contributed by atoms with van der Waals surface area (Å²) in [6, 6.07) is 3.62. The van der Waals surface area contributed by atoms with Gasteiger partial charge in [0.25, 0.3) is 0 Å². The highest BCUT2D eigenvalue weighted by molar-refractivity contribution is 6.32. The van der Waals surface area contributed by atoms with Crippen molar-refractivity contribution in [3.8, 4) is 5.75 Å². The highest BCUT2D eigenvalue weighted by Crippen LogP contribution is 2.28. The Morgan fingerprint density at radius 3 is 2.09 bits per heavy atom. The van der Waals surface area contributed by atoms with Gasteiger partial charge in [-0.15, -0.1) is 0 Å². The van der Waals surface area contributed by atoms with Crippen molar-refractivity contribution >= 4 is 17.8 Å². The van der Waals surface area contributed by atoms with Crippen LogP contribution in [0.5, 0.6) is 5.75 Å². The zero-order valence-electron chi connectivity index (χ0n) is 14.2. The van der Waals surface area contributed by atoms with Gasteiger partial charge in [0.05, 0.1) is 11.2 Å². The molecule has 0 bridgehead atoms. The summed E-state index contributed by atoms with van der Waals surface area (Å²) < 4.78 is 0. The van der Waals surface area contributed by atoms with Crippen molar-refractivity contribution < 1.29 is 10.3 Å². The maximum absolute atomic E-state index is 9.76. The number of phenols is 1. The molecule has 0 unspecified atom stereocenters. The highest BCUT2D eigenvalue weighted by atomic mass is 35.5. The van der Waals surface area contributed by atoms with Crippen LogP contribution < -0.4 is 0 Å². The second kappa shape index (κ2) is 12.2. The number of nitrogens with zero attached hydrogens (tertiary/aromatic N) is 1. The second-order valence-corrected chi connectivity index (χ2v) is 6.60. The molecule has 4 heteroatoms. The topological polar surface area (TPSA) is 52.8 Å². The Bertz CT molecular complexity index is 475. The van der Waals surface area contributed by atoms with Crippen molar-refractivity contribution in [3.05, 3.63) is 28.3 Å². The number of aryl methyl sites for hydroxylation is 1. The minimum absolute atomic E-state index is 0.0312. The lowest BCUT2D eigenvalue weighted by molar-refractivity contribution is 0.321. The Labute approximate surface area is 145 Å². The molecular formula is C19H30ClNO2. The van der Waals surface area contributed by atoms with Crippen LogP contribution in [-0.2, 0) is 6.42 Å².